The fraction of sp³-hybridized carbons (Fsp3) is 0.571. The molecule has 0 saturated carbocycles. The molecular formula is C7H13NO3. The van der Waals surface area contributed by atoms with Crippen LogP contribution in [0.4, 0.5) is 0 Å². The number of ether oxygens (including phenoxy) is 1. The smallest absolute Gasteiger partial charge is 0.332 e. The highest BCUT2D eigenvalue weighted by molar-refractivity contribution is 5.81. The van der Waals surface area contributed by atoms with Crippen molar-refractivity contribution in [2.75, 3.05) is 19.8 Å². The first-order valence-corrected chi connectivity index (χ1v) is 3.48. The number of carbonyl (C=O) groups excluding carboxylic acids is 1. The van der Waals surface area contributed by atoms with Crippen LogP contribution >= 0.6 is 0 Å². The Labute approximate surface area is 65.9 Å². The zero-order valence-corrected chi connectivity index (χ0v) is 6.54. The zero-order valence-electron chi connectivity index (χ0n) is 6.54. The van der Waals surface area contributed by atoms with Gasteiger partial charge < -0.3 is 15.2 Å². The molecule has 0 amide bonds. The number of esters is 1. The van der Waals surface area contributed by atoms with Crippen LogP contribution in [-0.2, 0) is 9.53 Å². The van der Waals surface area contributed by atoms with Crippen LogP contribution in [0, 0.1) is 0 Å². The van der Waals surface area contributed by atoms with Crippen molar-refractivity contribution in [1.82, 2.24) is 5.32 Å². The highest BCUT2D eigenvalue weighted by atomic mass is 16.5. The van der Waals surface area contributed by atoms with Crippen molar-refractivity contribution < 1.29 is 14.6 Å². The van der Waals surface area contributed by atoms with Gasteiger partial charge in [0.05, 0.1) is 13.2 Å². The average molecular weight is 159 g/mol. The minimum atomic E-state index is -0.377. The van der Waals surface area contributed by atoms with Gasteiger partial charge in [0.15, 0.2) is 0 Å². The second kappa shape index (κ2) is 7.08. The monoisotopic (exact) mass is 159 g/mol. The lowest BCUT2D eigenvalue weighted by Gasteiger charge is -1.95. The number of hydrogen-bond donors (Lipinski definition) is 2. The molecule has 11 heavy (non-hydrogen) atoms. The SMILES string of the molecule is CCOC(=O)/C=C/NCCO. The van der Waals surface area contributed by atoms with Crippen LogP contribution in [0.15, 0.2) is 12.3 Å². The molecule has 0 aromatic carbocycles. The fourth-order valence-electron chi connectivity index (χ4n) is 0.465. The molecular weight excluding hydrogens is 146 g/mol. The molecule has 0 aliphatic heterocycles. The molecule has 0 aromatic heterocycles. The van der Waals surface area contributed by atoms with Crippen molar-refractivity contribution in [3.05, 3.63) is 12.3 Å². The van der Waals surface area contributed by atoms with Gasteiger partial charge in [-0.25, -0.2) is 4.79 Å². The van der Waals surface area contributed by atoms with Gasteiger partial charge in [0, 0.05) is 18.8 Å². The summed E-state index contributed by atoms with van der Waals surface area (Å²) in [5, 5.41) is 11.0. The van der Waals surface area contributed by atoms with Gasteiger partial charge >= 0.3 is 5.97 Å². The van der Waals surface area contributed by atoms with Gasteiger partial charge in [-0.3, -0.25) is 0 Å². The first-order chi connectivity index (χ1) is 5.31. The van der Waals surface area contributed by atoms with Crippen LogP contribution in [0.1, 0.15) is 6.92 Å². The van der Waals surface area contributed by atoms with Crippen LogP contribution in [0.2, 0.25) is 0 Å². The summed E-state index contributed by atoms with van der Waals surface area (Å²) in [6, 6.07) is 0. The molecule has 64 valence electrons. The Morgan fingerprint density at radius 2 is 2.45 bits per heavy atom. The molecule has 0 fully saturated rings. The van der Waals surface area contributed by atoms with E-state index >= 15 is 0 Å². The van der Waals surface area contributed by atoms with E-state index in [4.69, 9.17) is 5.11 Å². The summed E-state index contributed by atoms with van der Waals surface area (Å²) in [6.07, 6.45) is 2.73. The molecule has 0 rings (SSSR count). The van der Waals surface area contributed by atoms with Gasteiger partial charge in [-0.15, -0.1) is 0 Å². The summed E-state index contributed by atoms with van der Waals surface area (Å²) in [7, 11) is 0. The van der Waals surface area contributed by atoms with Gasteiger partial charge in [0.1, 0.15) is 0 Å². The van der Waals surface area contributed by atoms with Crippen molar-refractivity contribution in [2.24, 2.45) is 0 Å². The highest BCUT2D eigenvalue weighted by Crippen LogP contribution is 1.78. The predicted molar refractivity (Wildman–Crippen MR) is 40.9 cm³/mol. The summed E-state index contributed by atoms with van der Waals surface area (Å²) in [5.41, 5.74) is 0. The maximum absolute atomic E-state index is 10.6. The average Bonchev–Trinajstić information content (AvgIpc) is 1.99. The van der Waals surface area contributed by atoms with Crippen LogP contribution in [-0.4, -0.2) is 30.8 Å². The van der Waals surface area contributed by atoms with Gasteiger partial charge in [0.25, 0.3) is 0 Å². The van der Waals surface area contributed by atoms with Crippen molar-refractivity contribution in [3.8, 4) is 0 Å². The zero-order chi connectivity index (χ0) is 8.53. The number of rotatable bonds is 5. The van der Waals surface area contributed by atoms with E-state index in [2.05, 4.69) is 10.1 Å². The van der Waals surface area contributed by atoms with E-state index in [9.17, 15) is 4.79 Å². The summed E-state index contributed by atoms with van der Waals surface area (Å²) >= 11 is 0. The lowest BCUT2D eigenvalue weighted by atomic mass is 10.6. The molecule has 0 bridgehead atoms. The lowest BCUT2D eigenvalue weighted by molar-refractivity contribution is -0.137. The molecule has 0 atom stereocenters. The normalized spacial score (nSPS) is 10.0. The summed E-state index contributed by atoms with van der Waals surface area (Å²) < 4.78 is 4.59. The molecule has 0 aromatic rings. The standard InChI is InChI=1S/C7H13NO3/c1-2-11-7(10)3-4-8-5-6-9/h3-4,8-9H,2,5-6H2,1H3/b4-3+. The Morgan fingerprint density at radius 1 is 1.73 bits per heavy atom. The maximum atomic E-state index is 10.6. The van der Waals surface area contributed by atoms with E-state index in [0.717, 1.165) is 0 Å². The van der Waals surface area contributed by atoms with Crippen LogP contribution in [0.25, 0.3) is 0 Å². The topological polar surface area (TPSA) is 58.6 Å². The lowest BCUT2D eigenvalue weighted by Crippen LogP contribution is -2.11. The second-order valence-corrected chi connectivity index (χ2v) is 1.76. The van der Waals surface area contributed by atoms with E-state index in [0.29, 0.717) is 13.2 Å². The van der Waals surface area contributed by atoms with Gasteiger partial charge in [-0.05, 0) is 6.92 Å². The Balaban J connectivity index is 3.32. The number of nitrogens with one attached hydrogen (secondary N) is 1. The molecule has 0 spiro atoms. The third-order valence-electron chi connectivity index (χ3n) is 0.880. The summed E-state index contributed by atoms with van der Waals surface area (Å²) in [4.78, 5) is 10.6. The first-order valence-electron chi connectivity index (χ1n) is 3.48. The third kappa shape index (κ3) is 6.86. The molecule has 2 N–H and O–H groups in total. The highest BCUT2D eigenvalue weighted by Gasteiger charge is 1.90. The van der Waals surface area contributed by atoms with Crippen molar-refractivity contribution in [1.29, 1.82) is 0 Å². The molecule has 0 unspecified atom stereocenters. The van der Waals surface area contributed by atoms with Gasteiger partial charge in [-0.1, -0.05) is 0 Å². The molecule has 0 saturated heterocycles. The summed E-state index contributed by atoms with van der Waals surface area (Å²) in [6.45, 7) is 2.61. The Morgan fingerprint density at radius 3 is 3.00 bits per heavy atom. The first kappa shape index (κ1) is 9.97. The molecule has 0 radical (unpaired) electrons. The predicted octanol–water partition coefficient (Wildman–Crippen LogP) is -0.355. The van der Waals surface area contributed by atoms with E-state index < -0.39 is 0 Å². The Kier molecular flexibility index (Phi) is 6.42. The minimum absolute atomic E-state index is 0.0488. The van der Waals surface area contributed by atoms with Crippen molar-refractivity contribution in [3.63, 3.8) is 0 Å². The maximum Gasteiger partial charge on any atom is 0.332 e. The Bertz CT molecular complexity index is 134. The molecule has 0 aliphatic carbocycles. The second-order valence-electron chi connectivity index (χ2n) is 1.76. The largest absolute Gasteiger partial charge is 0.463 e. The van der Waals surface area contributed by atoms with Crippen molar-refractivity contribution >= 4 is 5.97 Å². The van der Waals surface area contributed by atoms with Crippen molar-refractivity contribution in [2.45, 2.75) is 6.92 Å². The van der Waals surface area contributed by atoms with Crippen LogP contribution in [0.3, 0.4) is 0 Å². The Hall–Kier alpha value is -1.03. The van der Waals surface area contributed by atoms with E-state index in [1.165, 1.54) is 12.3 Å². The number of hydrogen-bond acceptors (Lipinski definition) is 4. The van der Waals surface area contributed by atoms with Gasteiger partial charge in [0.2, 0.25) is 0 Å². The minimum Gasteiger partial charge on any atom is -0.463 e. The van der Waals surface area contributed by atoms with Crippen LogP contribution < -0.4 is 5.32 Å². The van der Waals surface area contributed by atoms with Gasteiger partial charge in [-0.2, -0.15) is 0 Å². The summed E-state index contributed by atoms with van der Waals surface area (Å²) in [5.74, 6) is -0.377. The molecule has 0 aliphatic rings. The molecule has 0 heterocycles. The molecule has 4 nitrogen and oxygen atoms in total. The number of aliphatic hydroxyl groups is 1. The third-order valence-corrected chi connectivity index (χ3v) is 0.880. The molecule has 4 heteroatoms. The van der Waals surface area contributed by atoms with E-state index in [-0.39, 0.29) is 12.6 Å². The quantitative estimate of drug-likeness (QED) is 0.327. The van der Waals surface area contributed by atoms with E-state index in [1.54, 1.807) is 6.92 Å². The van der Waals surface area contributed by atoms with E-state index in [1.807, 2.05) is 0 Å². The fourth-order valence-corrected chi connectivity index (χ4v) is 0.465. The van der Waals surface area contributed by atoms with Crippen LogP contribution in [0.5, 0.6) is 0 Å². The number of aliphatic hydroxyl groups excluding tert-OH is 1. The number of carbonyl (C=O) groups is 1.